The van der Waals surface area contributed by atoms with Crippen LogP contribution in [0, 0.1) is 0 Å². The van der Waals surface area contributed by atoms with Crippen LogP contribution in [0.15, 0.2) is 18.2 Å². The van der Waals surface area contributed by atoms with Crippen molar-refractivity contribution in [2.75, 3.05) is 20.8 Å². The normalized spacial score (nSPS) is 11.4. The van der Waals surface area contributed by atoms with Gasteiger partial charge in [0.25, 0.3) is 0 Å². The van der Waals surface area contributed by atoms with Crippen LogP contribution in [0.2, 0.25) is 0 Å². The van der Waals surface area contributed by atoms with Gasteiger partial charge in [0.1, 0.15) is 11.5 Å². The molecular weight excluding hydrogens is 238 g/mol. The number of aryl methyl sites for hydroxylation is 1. The van der Waals surface area contributed by atoms with Crippen LogP contribution >= 0.6 is 0 Å². The molecule has 19 heavy (non-hydrogen) atoms. The molecule has 1 aromatic rings. The van der Waals surface area contributed by atoms with Gasteiger partial charge in [-0.2, -0.15) is 0 Å². The fourth-order valence-corrected chi connectivity index (χ4v) is 1.96. The lowest BCUT2D eigenvalue weighted by Gasteiger charge is -2.20. The van der Waals surface area contributed by atoms with E-state index in [-0.39, 0.29) is 5.54 Å². The molecule has 0 saturated heterocycles. The summed E-state index contributed by atoms with van der Waals surface area (Å²) in [4.78, 5) is 0. The Labute approximate surface area is 117 Å². The van der Waals surface area contributed by atoms with Crippen molar-refractivity contribution >= 4 is 0 Å². The van der Waals surface area contributed by atoms with Gasteiger partial charge in [-0.3, -0.25) is 0 Å². The first kappa shape index (κ1) is 15.8. The van der Waals surface area contributed by atoms with Gasteiger partial charge < -0.3 is 14.8 Å². The van der Waals surface area contributed by atoms with E-state index in [0.717, 1.165) is 30.9 Å². The van der Waals surface area contributed by atoms with Crippen molar-refractivity contribution in [3.05, 3.63) is 23.8 Å². The van der Waals surface area contributed by atoms with Gasteiger partial charge in [-0.05, 0) is 58.2 Å². The fraction of sp³-hybridized carbons (Fsp3) is 0.625. The lowest BCUT2D eigenvalue weighted by molar-refractivity contribution is 0.389. The predicted molar refractivity (Wildman–Crippen MR) is 80.2 cm³/mol. The van der Waals surface area contributed by atoms with Gasteiger partial charge in [0.2, 0.25) is 0 Å². The molecule has 0 saturated carbocycles. The molecule has 0 fully saturated rings. The zero-order valence-corrected chi connectivity index (χ0v) is 12.9. The molecule has 0 heterocycles. The van der Waals surface area contributed by atoms with Crippen LogP contribution in [0.5, 0.6) is 11.5 Å². The average molecular weight is 265 g/mol. The summed E-state index contributed by atoms with van der Waals surface area (Å²) < 4.78 is 10.6. The molecule has 3 heteroatoms. The van der Waals surface area contributed by atoms with Crippen molar-refractivity contribution in [1.82, 2.24) is 5.32 Å². The van der Waals surface area contributed by atoms with Crippen molar-refractivity contribution in [2.45, 2.75) is 45.6 Å². The van der Waals surface area contributed by atoms with E-state index in [1.165, 1.54) is 12.0 Å². The summed E-state index contributed by atoms with van der Waals surface area (Å²) in [6, 6.07) is 6.03. The maximum atomic E-state index is 5.40. The largest absolute Gasteiger partial charge is 0.497 e. The standard InChI is InChI=1S/C16H27NO2/c1-16(2,3)17-11-7-6-8-13-9-10-14(18-4)12-15(13)19-5/h9-10,12,17H,6-8,11H2,1-5H3. The van der Waals surface area contributed by atoms with Crippen LogP contribution in [0.3, 0.4) is 0 Å². The van der Waals surface area contributed by atoms with Crippen molar-refractivity contribution in [3.8, 4) is 11.5 Å². The van der Waals surface area contributed by atoms with Crippen molar-refractivity contribution in [1.29, 1.82) is 0 Å². The SMILES string of the molecule is COc1ccc(CCCCNC(C)(C)C)c(OC)c1. The van der Waals surface area contributed by atoms with Crippen molar-refractivity contribution < 1.29 is 9.47 Å². The minimum atomic E-state index is 0.206. The van der Waals surface area contributed by atoms with E-state index in [4.69, 9.17) is 9.47 Å². The second-order valence-corrected chi connectivity index (χ2v) is 5.81. The molecule has 1 N–H and O–H groups in total. The molecule has 1 rings (SSSR count). The third-order valence-electron chi connectivity index (χ3n) is 3.02. The Morgan fingerprint density at radius 2 is 1.79 bits per heavy atom. The molecule has 1 aromatic carbocycles. The van der Waals surface area contributed by atoms with Crippen molar-refractivity contribution in [3.63, 3.8) is 0 Å². The van der Waals surface area contributed by atoms with Gasteiger partial charge in [-0.15, -0.1) is 0 Å². The van der Waals surface area contributed by atoms with Gasteiger partial charge in [-0.25, -0.2) is 0 Å². The Hall–Kier alpha value is -1.22. The molecule has 0 aliphatic rings. The minimum Gasteiger partial charge on any atom is -0.497 e. The molecule has 0 atom stereocenters. The molecule has 3 nitrogen and oxygen atoms in total. The highest BCUT2D eigenvalue weighted by Gasteiger charge is 2.08. The maximum Gasteiger partial charge on any atom is 0.125 e. The Morgan fingerprint density at radius 3 is 2.37 bits per heavy atom. The Bertz CT molecular complexity index is 383. The molecule has 0 unspecified atom stereocenters. The van der Waals surface area contributed by atoms with E-state index in [1.807, 2.05) is 12.1 Å². The highest BCUT2D eigenvalue weighted by atomic mass is 16.5. The first-order valence-corrected chi connectivity index (χ1v) is 6.92. The zero-order valence-electron chi connectivity index (χ0n) is 12.9. The Balaban J connectivity index is 2.41. The summed E-state index contributed by atoms with van der Waals surface area (Å²) in [5.41, 5.74) is 1.46. The molecule has 0 aliphatic heterocycles. The average Bonchev–Trinajstić information content (AvgIpc) is 2.37. The number of ether oxygens (including phenoxy) is 2. The summed E-state index contributed by atoms with van der Waals surface area (Å²) in [6.45, 7) is 7.64. The van der Waals surface area contributed by atoms with Crippen molar-refractivity contribution in [2.24, 2.45) is 0 Å². The van der Waals surface area contributed by atoms with Crippen LogP contribution in [-0.4, -0.2) is 26.3 Å². The molecule has 0 aromatic heterocycles. The summed E-state index contributed by atoms with van der Waals surface area (Å²) >= 11 is 0. The maximum absolute atomic E-state index is 5.40. The fourth-order valence-electron chi connectivity index (χ4n) is 1.96. The van der Waals surface area contributed by atoms with E-state index in [0.29, 0.717) is 0 Å². The molecule has 0 spiro atoms. The monoisotopic (exact) mass is 265 g/mol. The smallest absolute Gasteiger partial charge is 0.125 e. The van der Waals surface area contributed by atoms with Crippen LogP contribution in [0.1, 0.15) is 39.2 Å². The zero-order chi connectivity index (χ0) is 14.3. The number of rotatable bonds is 7. The number of hydrogen-bond acceptors (Lipinski definition) is 3. The third kappa shape index (κ3) is 5.97. The van der Waals surface area contributed by atoms with Crippen LogP contribution in [0.4, 0.5) is 0 Å². The second kappa shape index (κ2) is 7.39. The summed E-state index contributed by atoms with van der Waals surface area (Å²) in [5.74, 6) is 1.76. The van der Waals surface area contributed by atoms with Gasteiger partial charge in [0.15, 0.2) is 0 Å². The van der Waals surface area contributed by atoms with E-state index < -0.39 is 0 Å². The molecular formula is C16H27NO2. The Morgan fingerprint density at radius 1 is 1.05 bits per heavy atom. The van der Waals surface area contributed by atoms with Crippen LogP contribution in [0.25, 0.3) is 0 Å². The topological polar surface area (TPSA) is 30.5 Å². The van der Waals surface area contributed by atoms with Gasteiger partial charge in [-0.1, -0.05) is 6.07 Å². The lowest BCUT2D eigenvalue weighted by atomic mass is 10.1. The Kier molecular flexibility index (Phi) is 6.16. The number of hydrogen-bond donors (Lipinski definition) is 1. The van der Waals surface area contributed by atoms with Crippen LogP contribution < -0.4 is 14.8 Å². The lowest BCUT2D eigenvalue weighted by Crippen LogP contribution is -2.36. The first-order chi connectivity index (χ1) is 8.96. The highest BCUT2D eigenvalue weighted by molar-refractivity contribution is 5.40. The van der Waals surface area contributed by atoms with Gasteiger partial charge in [0, 0.05) is 11.6 Å². The summed E-state index contributed by atoms with van der Waals surface area (Å²) in [5, 5.41) is 3.50. The van der Waals surface area contributed by atoms with Crippen LogP contribution in [-0.2, 0) is 6.42 Å². The van der Waals surface area contributed by atoms with E-state index >= 15 is 0 Å². The minimum absolute atomic E-state index is 0.206. The van der Waals surface area contributed by atoms with Gasteiger partial charge in [0.05, 0.1) is 14.2 Å². The predicted octanol–water partition coefficient (Wildman–Crippen LogP) is 3.41. The number of unbranched alkanes of at least 4 members (excludes halogenated alkanes) is 1. The summed E-state index contributed by atoms with van der Waals surface area (Å²) in [6.07, 6.45) is 3.37. The highest BCUT2D eigenvalue weighted by Crippen LogP contribution is 2.25. The quantitative estimate of drug-likeness (QED) is 0.766. The third-order valence-corrected chi connectivity index (χ3v) is 3.02. The number of benzene rings is 1. The molecule has 0 amide bonds. The first-order valence-electron chi connectivity index (χ1n) is 6.92. The molecule has 0 radical (unpaired) electrons. The molecule has 0 bridgehead atoms. The van der Waals surface area contributed by atoms with E-state index in [1.54, 1.807) is 14.2 Å². The van der Waals surface area contributed by atoms with Gasteiger partial charge >= 0.3 is 0 Å². The molecule has 108 valence electrons. The molecule has 0 aliphatic carbocycles. The second-order valence-electron chi connectivity index (χ2n) is 5.81. The van der Waals surface area contributed by atoms with E-state index in [9.17, 15) is 0 Å². The number of nitrogens with one attached hydrogen (secondary N) is 1. The summed E-state index contributed by atoms with van der Waals surface area (Å²) in [7, 11) is 3.38. The van der Waals surface area contributed by atoms with E-state index in [2.05, 4.69) is 32.2 Å². The number of methoxy groups -OCH3 is 2.